The Kier molecular flexibility index (Phi) is 5.40. The second kappa shape index (κ2) is 5.48. The molecule has 11 heavy (non-hydrogen) atoms. The average molecular weight is 176 g/mol. The summed E-state index contributed by atoms with van der Waals surface area (Å²) in [6, 6.07) is 0. The molecular weight excluding hydrogens is 160 g/mol. The minimum atomic E-state index is -2.42. The standard InChI is InChI=1S/C7H16O3Si/c1-5-6-7-11(8-2,9-3)10-4/h6-7H,5H2,1-4H3/b7-6+. The lowest BCUT2D eigenvalue weighted by Crippen LogP contribution is -2.40. The van der Waals surface area contributed by atoms with Gasteiger partial charge in [-0.1, -0.05) is 13.0 Å². The summed E-state index contributed by atoms with van der Waals surface area (Å²) in [6.07, 6.45) is 2.95. The van der Waals surface area contributed by atoms with Crippen LogP contribution in [0.15, 0.2) is 11.8 Å². The molecule has 0 aromatic heterocycles. The van der Waals surface area contributed by atoms with Crippen molar-refractivity contribution in [1.29, 1.82) is 0 Å². The van der Waals surface area contributed by atoms with Gasteiger partial charge in [0, 0.05) is 21.3 Å². The van der Waals surface area contributed by atoms with Crippen LogP contribution >= 0.6 is 0 Å². The Morgan fingerprint density at radius 1 is 1.09 bits per heavy atom. The zero-order valence-corrected chi connectivity index (χ0v) is 8.59. The van der Waals surface area contributed by atoms with Crippen LogP contribution < -0.4 is 0 Å². The van der Waals surface area contributed by atoms with Crippen LogP contribution in [0, 0.1) is 0 Å². The molecule has 0 radical (unpaired) electrons. The van der Waals surface area contributed by atoms with Crippen molar-refractivity contribution in [2.24, 2.45) is 0 Å². The molecule has 0 N–H and O–H groups in total. The topological polar surface area (TPSA) is 27.7 Å². The predicted molar refractivity (Wildman–Crippen MR) is 46.2 cm³/mol. The van der Waals surface area contributed by atoms with Crippen molar-refractivity contribution in [3.05, 3.63) is 11.8 Å². The predicted octanol–water partition coefficient (Wildman–Crippen LogP) is 1.37. The van der Waals surface area contributed by atoms with Gasteiger partial charge in [0.15, 0.2) is 0 Å². The summed E-state index contributed by atoms with van der Waals surface area (Å²) in [4.78, 5) is 0. The van der Waals surface area contributed by atoms with Crippen LogP contribution in [0.1, 0.15) is 13.3 Å². The molecule has 0 aliphatic carbocycles. The van der Waals surface area contributed by atoms with E-state index >= 15 is 0 Å². The first kappa shape index (κ1) is 10.8. The van der Waals surface area contributed by atoms with E-state index in [4.69, 9.17) is 13.3 Å². The van der Waals surface area contributed by atoms with Crippen LogP contribution in [0.3, 0.4) is 0 Å². The van der Waals surface area contributed by atoms with Crippen LogP contribution in [0.2, 0.25) is 0 Å². The lowest BCUT2D eigenvalue weighted by atomic mass is 10.5. The lowest BCUT2D eigenvalue weighted by molar-refractivity contribution is 0.138. The number of rotatable bonds is 5. The van der Waals surface area contributed by atoms with E-state index in [1.165, 1.54) is 0 Å². The summed E-state index contributed by atoms with van der Waals surface area (Å²) in [5.41, 5.74) is 1.88. The van der Waals surface area contributed by atoms with E-state index in [0.29, 0.717) is 0 Å². The molecule has 66 valence electrons. The summed E-state index contributed by atoms with van der Waals surface area (Å²) in [5, 5.41) is 0. The normalized spacial score (nSPS) is 12.7. The van der Waals surface area contributed by atoms with Gasteiger partial charge >= 0.3 is 8.80 Å². The van der Waals surface area contributed by atoms with E-state index in [1.807, 2.05) is 11.8 Å². The highest BCUT2D eigenvalue weighted by Crippen LogP contribution is 2.07. The third-order valence-electron chi connectivity index (χ3n) is 1.41. The van der Waals surface area contributed by atoms with E-state index in [9.17, 15) is 0 Å². The molecule has 0 bridgehead atoms. The first-order valence-electron chi connectivity index (χ1n) is 3.57. The molecule has 3 nitrogen and oxygen atoms in total. The zero-order valence-electron chi connectivity index (χ0n) is 7.59. The molecule has 0 atom stereocenters. The largest absolute Gasteiger partial charge is 0.528 e. The van der Waals surface area contributed by atoms with E-state index in [1.54, 1.807) is 21.3 Å². The molecule has 0 amide bonds. The molecule has 0 spiro atoms. The van der Waals surface area contributed by atoms with Gasteiger partial charge in [-0.3, -0.25) is 0 Å². The first-order valence-corrected chi connectivity index (χ1v) is 5.38. The van der Waals surface area contributed by atoms with Gasteiger partial charge in [-0.25, -0.2) is 0 Å². The van der Waals surface area contributed by atoms with E-state index < -0.39 is 8.80 Å². The molecule has 0 aliphatic rings. The Labute approximate surface area is 69.3 Å². The lowest BCUT2D eigenvalue weighted by Gasteiger charge is -2.20. The summed E-state index contributed by atoms with van der Waals surface area (Å²) >= 11 is 0. The monoisotopic (exact) mass is 176 g/mol. The van der Waals surface area contributed by atoms with Crippen molar-refractivity contribution in [2.75, 3.05) is 21.3 Å². The third kappa shape index (κ3) is 3.16. The van der Waals surface area contributed by atoms with Gasteiger partial charge in [0.25, 0.3) is 0 Å². The fraction of sp³-hybridized carbons (Fsp3) is 0.714. The summed E-state index contributed by atoms with van der Waals surface area (Å²) in [5.74, 6) is 0. The van der Waals surface area contributed by atoms with Gasteiger partial charge in [0.1, 0.15) is 0 Å². The van der Waals surface area contributed by atoms with Crippen LogP contribution in [0.25, 0.3) is 0 Å². The fourth-order valence-corrected chi connectivity index (χ4v) is 2.15. The molecule has 4 heteroatoms. The highest BCUT2D eigenvalue weighted by atomic mass is 28.4. The molecule has 0 saturated heterocycles. The smallest absolute Gasteiger partial charge is 0.374 e. The molecule has 0 rings (SSSR count). The van der Waals surface area contributed by atoms with Crippen molar-refractivity contribution >= 4 is 8.80 Å². The Bertz CT molecular complexity index is 113. The van der Waals surface area contributed by atoms with Gasteiger partial charge in [-0.15, -0.1) is 0 Å². The zero-order chi connectivity index (χ0) is 8.74. The molecule has 0 unspecified atom stereocenters. The second-order valence-corrected chi connectivity index (χ2v) is 4.79. The summed E-state index contributed by atoms with van der Waals surface area (Å²) < 4.78 is 15.4. The van der Waals surface area contributed by atoms with Crippen molar-refractivity contribution in [3.63, 3.8) is 0 Å². The fourth-order valence-electron chi connectivity index (χ4n) is 0.716. The minimum Gasteiger partial charge on any atom is -0.374 e. The Morgan fingerprint density at radius 2 is 1.55 bits per heavy atom. The van der Waals surface area contributed by atoms with Crippen molar-refractivity contribution in [2.45, 2.75) is 13.3 Å². The first-order chi connectivity index (χ1) is 5.24. The molecule has 0 aliphatic heterocycles. The van der Waals surface area contributed by atoms with E-state index in [-0.39, 0.29) is 0 Å². The molecule has 0 heterocycles. The minimum absolute atomic E-state index is 0.963. The number of hydrogen-bond acceptors (Lipinski definition) is 3. The quantitative estimate of drug-likeness (QED) is 0.592. The van der Waals surface area contributed by atoms with Crippen LogP contribution in [-0.4, -0.2) is 30.1 Å². The maximum Gasteiger partial charge on any atom is 0.528 e. The van der Waals surface area contributed by atoms with Crippen LogP contribution in [0.5, 0.6) is 0 Å². The van der Waals surface area contributed by atoms with E-state index in [0.717, 1.165) is 6.42 Å². The third-order valence-corrected chi connectivity index (χ3v) is 3.76. The van der Waals surface area contributed by atoms with Crippen LogP contribution in [0.4, 0.5) is 0 Å². The summed E-state index contributed by atoms with van der Waals surface area (Å²) in [6.45, 7) is 2.05. The second-order valence-electron chi connectivity index (χ2n) is 2.03. The van der Waals surface area contributed by atoms with Crippen molar-refractivity contribution in [1.82, 2.24) is 0 Å². The highest BCUT2D eigenvalue weighted by molar-refractivity contribution is 6.66. The Morgan fingerprint density at radius 3 is 1.82 bits per heavy atom. The van der Waals surface area contributed by atoms with Gasteiger partial charge in [0.2, 0.25) is 0 Å². The highest BCUT2D eigenvalue weighted by Gasteiger charge is 2.33. The maximum atomic E-state index is 5.15. The molecule has 0 aromatic rings. The SMILES string of the molecule is CC/C=C/[Si](OC)(OC)OC. The average Bonchev–Trinajstić information content (AvgIpc) is 2.08. The Hall–Kier alpha value is -0.163. The van der Waals surface area contributed by atoms with Gasteiger partial charge in [0.05, 0.1) is 0 Å². The number of allylic oxidation sites excluding steroid dienone is 1. The molecular formula is C7H16O3Si. The number of hydrogen-bond donors (Lipinski definition) is 0. The maximum absolute atomic E-state index is 5.15. The van der Waals surface area contributed by atoms with E-state index in [2.05, 4.69) is 6.92 Å². The van der Waals surface area contributed by atoms with Gasteiger partial charge in [-0.2, -0.15) is 0 Å². The molecule has 0 fully saturated rings. The summed E-state index contributed by atoms with van der Waals surface area (Å²) in [7, 11) is 2.37. The van der Waals surface area contributed by atoms with Crippen molar-refractivity contribution in [3.8, 4) is 0 Å². The van der Waals surface area contributed by atoms with Gasteiger partial charge < -0.3 is 13.3 Å². The Balaban J connectivity index is 4.16. The molecule has 0 aromatic carbocycles. The van der Waals surface area contributed by atoms with Gasteiger partial charge in [-0.05, 0) is 12.1 Å². The molecule has 0 saturated carbocycles. The van der Waals surface area contributed by atoms with Crippen molar-refractivity contribution < 1.29 is 13.3 Å². The van der Waals surface area contributed by atoms with Crippen LogP contribution in [-0.2, 0) is 13.3 Å².